The molecule has 0 saturated carbocycles. The van der Waals surface area contributed by atoms with E-state index in [2.05, 4.69) is 21.8 Å². The number of methoxy groups -OCH3 is 3. The minimum Gasteiger partial charge on any atom is -0.495 e. The van der Waals surface area contributed by atoms with Crippen LogP contribution in [0.25, 0.3) is 11.6 Å². The van der Waals surface area contributed by atoms with Crippen LogP contribution in [-0.2, 0) is 9.53 Å². The third-order valence-electron chi connectivity index (χ3n) is 7.14. The van der Waals surface area contributed by atoms with Gasteiger partial charge in [-0.15, -0.1) is 0 Å². The number of benzene rings is 1. The third kappa shape index (κ3) is 6.87. The number of carbonyl (C=O) groups excluding carboxylic acids is 1. The Morgan fingerprint density at radius 1 is 1.15 bits per heavy atom. The highest BCUT2D eigenvalue weighted by atomic mass is 35.5. The van der Waals surface area contributed by atoms with E-state index in [1.54, 1.807) is 30.3 Å². The summed E-state index contributed by atoms with van der Waals surface area (Å²) in [4.78, 5) is 27.0. The first kappa shape index (κ1) is 30.9. The van der Waals surface area contributed by atoms with Crippen molar-refractivity contribution >= 4 is 52.5 Å². The molecule has 2 N–H and O–H groups in total. The SMILES string of the molecule is C=CC(=O)N1CCN(CCCN2c3nc(NCCOC)ncc3C=C(c3c(Cl)c(OC)cc(OC)c3Cl)C2O)CC1. The molecule has 1 saturated heterocycles. The maximum Gasteiger partial charge on any atom is 0.246 e. The summed E-state index contributed by atoms with van der Waals surface area (Å²) < 4.78 is 16.0. The van der Waals surface area contributed by atoms with Crippen molar-refractivity contribution in [2.75, 3.05) is 84.0 Å². The molecule has 11 nitrogen and oxygen atoms in total. The van der Waals surface area contributed by atoms with Gasteiger partial charge >= 0.3 is 0 Å². The average molecular weight is 608 g/mol. The van der Waals surface area contributed by atoms with Gasteiger partial charge in [0, 0.05) is 75.3 Å². The van der Waals surface area contributed by atoms with Gasteiger partial charge in [-0.05, 0) is 25.1 Å². The summed E-state index contributed by atoms with van der Waals surface area (Å²) in [5.74, 6) is 1.71. The van der Waals surface area contributed by atoms with E-state index in [1.165, 1.54) is 20.3 Å². The van der Waals surface area contributed by atoms with E-state index in [-0.39, 0.29) is 16.0 Å². The Morgan fingerprint density at radius 2 is 1.83 bits per heavy atom. The molecule has 1 unspecified atom stereocenters. The quantitative estimate of drug-likeness (QED) is 0.276. The minimum absolute atomic E-state index is 0.0434. The van der Waals surface area contributed by atoms with E-state index >= 15 is 0 Å². The fourth-order valence-electron chi connectivity index (χ4n) is 4.94. The Labute approximate surface area is 250 Å². The number of hydrogen-bond donors (Lipinski definition) is 2. The number of aromatic nitrogens is 2. The second-order valence-corrected chi connectivity index (χ2v) is 10.3. The highest BCUT2D eigenvalue weighted by molar-refractivity contribution is 6.40. The van der Waals surface area contributed by atoms with E-state index in [4.69, 9.17) is 42.4 Å². The van der Waals surface area contributed by atoms with E-state index in [9.17, 15) is 9.90 Å². The number of aliphatic hydroxyl groups is 1. The van der Waals surface area contributed by atoms with Crippen molar-refractivity contribution in [3.8, 4) is 11.5 Å². The van der Waals surface area contributed by atoms with Crippen LogP contribution in [0.1, 0.15) is 17.5 Å². The molecule has 3 heterocycles. The second kappa shape index (κ2) is 14.2. The van der Waals surface area contributed by atoms with Gasteiger partial charge in [-0.25, -0.2) is 4.98 Å². The Hall–Kier alpha value is -3.09. The van der Waals surface area contributed by atoms with Gasteiger partial charge in [0.2, 0.25) is 11.9 Å². The molecule has 2 aromatic rings. The number of nitrogens with one attached hydrogen (secondary N) is 1. The van der Waals surface area contributed by atoms with E-state index in [0.29, 0.717) is 72.8 Å². The molecule has 1 amide bonds. The minimum atomic E-state index is -1.11. The molecule has 1 fully saturated rings. The van der Waals surface area contributed by atoms with Crippen LogP contribution in [0.4, 0.5) is 11.8 Å². The van der Waals surface area contributed by atoms with Crippen molar-refractivity contribution in [2.24, 2.45) is 0 Å². The lowest BCUT2D eigenvalue weighted by Gasteiger charge is -2.37. The Balaban J connectivity index is 1.62. The monoisotopic (exact) mass is 606 g/mol. The van der Waals surface area contributed by atoms with E-state index in [1.807, 2.05) is 4.90 Å². The molecule has 0 spiro atoms. The second-order valence-electron chi connectivity index (χ2n) is 9.57. The van der Waals surface area contributed by atoms with Gasteiger partial charge in [-0.3, -0.25) is 9.69 Å². The highest BCUT2D eigenvalue weighted by Crippen LogP contribution is 2.47. The van der Waals surface area contributed by atoms with Crippen molar-refractivity contribution in [3.63, 3.8) is 0 Å². The van der Waals surface area contributed by atoms with Crippen LogP contribution in [0.15, 0.2) is 24.9 Å². The largest absolute Gasteiger partial charge is 0.495 e. The Morgan fingerprint density at radius 3 is 2.44 bits per heavy atom. The van der Waals surface area contributed by atoms with Gasteiger partial charge in [0.1, 0.15) is 17.3 Å². The van der Waals surface area contributed by atoms with Crippen LogP contribution in [0.3, 0.4) is 0 Å². The van der Waals surface area contributed by atoms with Crippen LogP contribution in [-0.4, -0.2) is 111 Å². The van der Waals surface area contributed by atoms with Crippen molar-refractivity contribution in [2.45, 2.75) is 12.6 Å². The molecule has 1 atom stereocenters. The van der Waals surface area contributed by atoms with Crippen molar-refractivity contribution in [3.05, 3.63) is 46.1 Å². The summed E-state index contributed by atoms with van der Waals surface area (Å²) in [6.07, 6.45) is 4.46. The van der Waals surface area contributed by atoms with Gasteiger partial charge < -0.3 is 34.4 Å². The van der Waals surface area contributed by atoms with Crippen molar-refractivity contribution in [1.82, 2.24) is 19.8 Å². The molecule has 13 heteroatoms. The molecular weight excluding hydrogens is 571 g/mol. The number of piperazine rings is 1. The average Bonchev–Trinajstić information content (AvgIpc) is 2.99. The lowest BCUT2D eigenvalue weighted by atomic mass is 9.96. The zero-order chi connectivity index (χ0) is 29.5. The van der Waals surface area contributed by atoms with Gasteiger partial charge in [-0.1, -0.05) is 29.8 Å². The number of hydrogen-bond acceptors (Lipinski definition) is 10. The number of nitrogens with zero attached hydrogens (tertiary/aromatic N) is 5. The number of amides is 1. The first-order valence-electron chi connectivity index (χ1n) is 13.3. The van der Waals surface area contributed by atoms with Crippen LogP contribution >= 0.6 is 23.2 Å². The van der Waals surface area contributed by atoms with Gasteiger partial charge in [0.15, 0.2) is 6.23 Å². The smallest absolute Gasteiger partial charge is 0.246 e. The van der Waals surface area contributed by atoms with Crippen molar-refractivity contribution < 1.29 is 24.1 Å². The molecule has 222 valence electrons. The number of halogens is 2. The number of fused-ring (bicyclic) bond motifs is 1. The standard InChI is InChI=1S/C28H36Cl2N6O5/c1-5-22(37)35-12-10-34(11-13-35)8-6-9-36-26-18(17-32-28(33-26)31-7-14-39-2)15-19(27(36)38)23-24(29)20(40-3)16-21(41-4)25(23)30/h5,15-17,27,38H,1,6-14H2,2-4H3,(H,31,32,33). The number of carbonyl (C=O) groups is 1. The first-order chi connectivity index (χ1) is 19.8. The lowest BCUT2D eigenvalue weighted by molar-refractivity contribution is -0.127. The molecule has 0 radical (unpaired) electrons. The Kier molecular flexibility index (Phi) is 10.7. The van der Waals surface area contributed by atoms with Gasteiger partial charge in [0.25, 0.3) is 0 Å². The molecule has 0 aliphatic carbocycles. The normalized spacial score (nSPS) is 17.1. The summed E-state index contributed by atoms with van der Waals surface area (Å²) in [5, 5.41) is 15.4. The predicted molar refractivity (Wildman–Crippen MR) is 161 cm³/mol. The number of anilines is 2. The molecule has 1 aromatic heterocycles. The first-order valence-corrected chi connectivity index (χ1v) is 14.1. The van der Waals surface area contributed by atoms with Crippen molar-refractivity contribution in [1.29, 1.82) is 0 Å². The summed E-state index contributed by atoms with van der Waals surface area (Å²) in [5.41, 5.74) is 1.59. The number of rotatable bonds is 12. The zero-order valence-electron chi connectivity index (χ0n) is 23.5. The van der Waals surface area contributed by atoms with Gasteiger partial charge in [0.05, 0.1) is 30.9 Å². The molecular formula is C28H36Cl2N6O5. The third-order valence-corrected chi connectivity index (χ3v) is 7.89. The van der Waals surface area contributed by atoms with E-state index in [0.717, 1.165) is 26.1 Å². The summed E-state index contributed by atoms with van der Waals surface area (Å²) in [7, 11) is 4.64. The maximum absolute atomic E-state index is 11.9. The molecule has 0 bridgehead atoms. The van der Waals surface area contributed by atoms with Crippen LogP contribution in [0, 0.1) is 0 Å². The summed E-state index contributed by atoms with van der Waals surface area (Å²) in [6.45, 7) is 8.74. The molecule has 1 aromatic carbocycles. The number of aliphatic hydroxyl groups excluding tert-OH is 1. The van der Waals surface area contributed by atoms with Crippen LogP contribution < -0.4 is 19.7 Å². The predicted octanol–water partition coefficient (Wildman–Crippen LogP) is 3.26. The highest BCUT2D eigenvalue weighted by Gasteiger charge is 2.33. The van der Waals surface area contributed by atoms with Crippen LogP contribution in [0.5, 0.6) is 11.5 Å². The van der Waals surface area contributed by atoms with Gasteiger partial charge in [-0.2, -0.15) is 4.98 Å². The molecule has 4 rings (SSSR count). The zero-order valence-corrected chi connectivity index (χ0v) is 25.0. The maximum atomic E-state index is 11.9. The fraction of sp³-hybridized carbons (Fsp3) is 0.464. The number of ether oxygens (including phenoxy) is 3. The van der Waals surface area contributed by atoms with Crippen LogP contribution in [0.2, 0.25) is 10.0 Å². The van der Waals surface area contributed by atoms with E-state index < -0.39 is 6.23 Å². The Bertz CT molecular complexity index is 1260. The summed E-state index contributed by atoms with van der Waals surface area (Å²) in [6, 6.07) is 1.61. The topological polar surface area (TPSA) is 113 Å². The molecule has 2 aliphatic heterocycles. The summed E-state index contributed by atoms with van der Waals surface area (Å²) >= 11 is 13.5. The molecule has 2 aliphatic rings. The lowest BCUT2D eigenvalue weighted by Crippen LogP contribution is -2.49. The fourth-order valence-corrected chi connectivity index (χ4v) is 5.66. The molecule has 41 heavy (non-hydrogen) atoms.